The van der Waals surface area contributed by atoms with Crippen LogP contribution < -0.4 is 5.32 Å². The lowest BCUT2D eigenvalue weighted by molar-refractivity contribution is -0.151. The predicted octanol–water partition coefficient (Wildman–Crippen LogP) is 2.23. The number of thioether (sulfide) groups is 1. The summed E-state index contributed by atoms with van der Waals surface area (Å²) in [5.41, 5.74) is 0.338. The van der Waals surface area contributed by atoms with Crippen LogP contribution in [0.1, 0.15) is 6.92 Å². The van der Waals surface area contributed by atoms with Crippen LogP contribution in [-0.4, -0.2) is 19.1 Å². The first-order valence-electron chi connectivity index (χ1n) is 5.19. The molecule has 1 amide bonds. The fourth-order valence-electron chi connectivity index (χ4n) is 1.48. The smallest absolute Gasteiger partial charge is 0.234 e. The molecule has 1 aromatic rings. The molecule has 4 nitrogen and oxygen atoms in total. The van der Waals surface area contributed by atoms with E-state index in [0.717, 1.165) is 22.3 Å². The Morgan fingerprint density at radius 3 is 2.59 bits per heavy atom. The number of rotatable bonds is 3. The number of carbonyl (C=O) groups excluding carboxylic acids is 1. The van der Waals surface area contributed by atoms with E-state index in [0.29, 0.717) is 13.2 Å². The van der Waals surface area contributed by atoms with Crippen LogP contribution >= 0.6 is 11.8 Å². The quantitative estimate of drug-likeness (QED) is 0.658. The summed E-state index contributed by atoms with van der Waals surface area (Å²) in [4.78, 5) is 12.7. The van der Waals surface area contributed by atoms with Gasteiger partial charge in [-0.3, -0.25) is 4.79 Å². The topological polar surface area (TPSA) is 62.1 Å². The zero-order chi connectivity index (χ0) is 12.3. The number of anilines is 1. The van der Waals surface area contributed by atoms with Crippen molar-refractivity contribution in [3.05, 3.63) is 24.3 Å². The second-order valence-corrected chi connectivity index (χ2v) is 5.08. The Hall–Kier alpha value is -1.51. The van der Waals surface area contributed by atoms with Gasteiger partial charge in [-0.25, -0.2) is 0 Å². The number of benzene rings is 1. The maximum absolute atomic E-state index is 11.9. The van der Waals surface area contributed by atoms with Crippen molar-refractivity contribution in [3.63, 3.8) is 0 Å². The van der Waals surface area contributed by atoms with Gasteiger partial charge in [-0.1, -0.05) is 0 Å². The Labute approximate surface area is 104 Å². The number of hydrogen-bond donors (Lipinski definition) is 1. The third kappa shape index (κ3) is 2.60. The Morgan fingerprint density at radius 2 is 2.12 bits per heavy atom. The Kier molecular flexibility index (Phi) is 3.36. The SMILES string of the molecule is CC1(C(=O)Nc2ccc(SC#N)cc2)COC1. The molecule has 1 heterocycles. The van der Waals surface area contributed by atoms with Gasteiger partial charge in [0.25, 0.3) is 0 Å². The fraction of sp³-hybridized carbons (Fsp3) is 0.333. The lowest BCUT2D eigenvalue weighted by Crippen LogP contribution is -2.49. The summed E-state index contributed by atoms with van der Waals surface area (Å²) < 4.78 is 5.05. The van der Waals surface area contributed by atoms with Crippen molar-refractivity contribution in [2.24, 2.45) is 5.41 Å². The number of nitrogens with one attached hydrogen (secondary N) is 1. The van der Waals surface area contributed by atoms with Crippen LogP contribution in [-0.2, 0) is 9.53 Å². The van der Waals surface area contributed by atoms with Gasteiger partial charge >= 0.3 is 0 Å². The van der Waals surface area contributed by atoms with E-state index in [1.165, 1.54) is 0 Å². The van der Waals surface area contributed by atoms with Gasteiger partial charge in [0.1, 0.15) is 5.40 Å². The second-order valence-electron chi connectivity index (χ2n) is 4.23. The first-order chi connectivity index (χ1) is 8.14. The minimum absolute atomic E-state index is 0.0237. The molecule has 5 heteroatoms. The maximum atomic E-state index is 11.9. The number of amides is 1. The molecule has 88 valence electrons. The zero-order valence-corrected chi connectivity index (χ0v) is 10.2. The van der Waals surface area contributed by atoms with E-state index in [2.05, 4.69) is 5.32 Å². The molecule has 0 atom stereocenters. The molecule has 2 rings (SSSR count). The Bertz CT molecular complexity index is 460. The number of ether oxygens (including phenoxy) is 1. The molecule has 1 aliphatic heterocycles. The van der Waals surface area contributed by atoms with E-state index in [-0.39, 0.29) is 5.91 Å². The molecule has 0 radical (unpaired) electrons. The lowest BCUT2D eigenvalue weighted by atomic mass is 9.87. The first-order valence-corrected chi connectivity index (χ1v) is 6.01. The molecule has 0 unspecified atom stereocenters. The summed E-state index contributed by atoms with van der Waals surface area (Å²) in [6.45, 7) is 2.83. The highest BCUT2D eigenvalue weighted by Crippen LogP contribution is 2.28. The van der Waals surface area contributed by atoms with Crippen molar-refractivity contribution < 1.29 is 9.53 Å². The zero-order valence-electron chi connectivity index (χ0n) is 9.40. The lowest BCUT2D eigenvalue weighted by Gasteiger charge is -2.36. The molecule has 0 aliphatic carbocycles. The predicted molar refractivity (Wildman–Crippen MR) is 65.5 cm³/mol. The largest absolute Gasteiger partial charge is 0.379 e. The summed E-state index contributed by atoms with van der Waals surface area (Å²) >= 11 is 1.10. The van der Waals surface area contributed by atoms with Crippen molar-refractivity contribution in [2.45, 2.75) is 11.8 Å². The number of hydrogen-bond acceptors (Lipinski definition) is 4. The summed E-state index contributed by atoms with van der Waals surface area (Å²) in [7, 11) is 0. The van der Waals surface area contributed by atoms with Crippen molar-refractivity contribution in [3.8, 4) is 5.40 Å². The third-order valence-corrected chi connectivity index (χ3v) is 3.26. The highest BCUT2D eigenvalue weighted by atomic mass is 32.2. The first kappa shape index (κ1) is 12.0. The maximum Gasteiger partial charge on any atom is 0.234 e. The molecule has 0 saturated carbocycles. The average molecular weight is 248 g/mol. The Morgan fingerprint density at radius 1 is 1.47 bits per heavy atom. The summed E-state index contributed by atoms with van der Waals surface area (Å²) in [5, 5.41) is 13.4. The van der Waals surface area contributed by atoms with Crippen LogP contribution in [0.4, 0.5) is 5.69 Å². The normalized spacial score (nSPS) is 16.7. The molecule has 0 spiro atoms. The molecule has 0 aromatic heterocycles. The summed E-state index contributed by atoms with van der Waals surface area (Å²) in [6.07, 6.45) is 0. The van der Waals surface area contributed by atoms with Gasteiger partial charge < -0.3 is 10.1 Å². The van der Waals surface area contributed by atoms with Crippen molar-refractivity contribution in [1.29, 1.82) is 5.26 Å². The van der Waals surface area contributed by atoms with Gasteiger partial charge in [0, 0.05) is 10.6 Å². The van der Waals surface area contributed by atoms with Crippen LogP contribution in [0.2, 0.25) is 0 Å². The van der Waals surface area contributed by atoms with Crippen molar-refractivity contribution >= 4 is 23.4 Å². The average Bonchev–Trinajstić information content (AvgIpc) is 2.29. The number of nitriles is 1. The molecule has 0 bridgehead atoms. The molecular formula is C12H12N2O2S. The monoisotopic (exact) mass is 248 g/mol. The number of nitrogens with zero attached hydrogens (tertiary/aromatic N) is 1. The minimum atomic E-state index is -0.403. The van der Waals surface area contributed by atoms with Gasteiger partial charge in [0.05, 0.1) is 18.6 Å². The molecular weight excluding hydrogens is 236 g/mol. The standard InChI is InChI=1S/C12H12N2O2S/c1-12(6-16-7-12)11(15)14-9-2-4-10(5-3-9)17-8-13/h2-5H,6-7H2,1H3,(H,14,15). The van der Waals surface area contributed by atoms with Crippen molar-refractivity contribution in [2.75, 3.05) is 18.5 Å². The van der Waals surface area contributed by atoms with Gasteiger partial charge in [0.2, 0.25) is 5.91 Å². The van der Waals surface area contributed by atoms with Crippen LogP contribution in [0.15, 0.2) is 29.2 Å². The van der Waals surface area contributed by atoms with Crippen LogP contribution in [0.25, 0.3) is 0 Å². The fourth-order valence-corrected chi connectivity index (χ4v) is 1.86. The van der Waals surface area contributed by atoms with Crippen LogP contribution in [0.5, 0.6) is 0 Å². The Balaban J connectivity index is 1.99. The molecule has 1 aliphatic rings. The van der Waals surface area contributed by atoms with E-state index < -0.39 is 5.41 Å². The number of thiocyanates is 1. The molecule has 1 aromatic carbocycles. The van der Waals surface area contributed by atoms with Crippen molar-refractivity contribution in [1.82, 2.24) is 0 Å². The summed E-state index contributed by atoms with van der Waals surface area (Å²) in [6, 6.07) is 7.20. The molecule has 1 N–H and O–H groups in total. The minimum Gasteiger partial charge on any atom is -0.379 e. The van der Waals surface area contributed by atoms with Gasteiger partial charge in [-0.05, 0) is 43.0 Å². The second kappa shape index (κ2) is 4.78. The van der Waals surface area contributed by atoms with Gasteiger partial charge in [-0.2, -0.15) is 5.26 Å². The molecule has 17 heavy (non-hydrogen) atoms. The van der Waals surface area contributed by atoms with E-state index in [1.54, 1.807) is 12.1 Å². The van der Waals surface area contributed by atoms with E-state index in [1.807, 2.05) is 24.5 Å². The van der Waals surface area contributed by atoms with Crippen LogP contribution in [0.3, 0.4) is 0 Å². The molecule has 1 saturated heterocycles. The van der Waals surface area contributed by atoms with Crippen LogP contribution in [0, 0.1) is 16.1 Å². The van der Waals surface area contributed by atoms with Gasteiger partial charge in [0.15, 0.2) is 0 Å². The molecule has 1 fully saturated rings. The highest BCUT2D eigenvalue weighted by molar-refractivity contribution is 8.03. The van der Waals surface area contributed by atoms with E-state index in [9.17, 15) is 4.79 Å². The van der Waals surface area contributed by atoms with E-state index >= 15 is 0 Å². The highest BCUT2D eigenvalue weighted by Gasteiger charge is 2.40. The van der Waals surface area contributed by atoms with E-state index in [4.69, 9.17) is 10.00 Å². The third-order valence-electron chi connectivity index (χ3n) is 2.67. The van der Waals surface area contributed by atoms with Gasteiger partial charge in [-0.15, -0.1) is 0 Å². The number of carbonyl (C=O) groups is 1. The summed E-state index contributed by atoms with van der Waals surface area (Å²) in [5.74, 6) is -0.0237.